The van der Waals surface area contributed by atoms with Crippen LogP contribution in [-0.4, -0.2) is 38.7 Å². The minimum absolute atomic E-state index is 0.0301. The van der Waals surface area contributed by atoms with E-state index in [2.05, 4.69) is 20.8 Å². The van der Waals surface area contributed by atoms with E-state index in [4.69, 9.17) is 0 Å². The molecular weight excluding hydrogens is 492 g/mol. The van der Waals surface area contributed by atoms with Gasteiger partial charge in [0.2, 0.25) is 20.0 Å². The van der Waals surface area contributed by atoms with Crippen LogP contribution in [0.1, 0.15) is 55.5 Å². The third kappa shape index (κ3) is 5.27. The van der Waals surface area contributed by atoms with E-state index in [0.717, 1.165) is 22.3 Å². The second-order valence-electron chi connectivity index (χ2n) is 10.5. The van der Waals surface area contributed by atoms with Crippen molar-refractivity contribution in [2.24, 2.45) is 0 Å². The Morgan fingerprint density at radius 1 is 0.694 bits per heavy atom. The van der Waals surface area contributed by atoms with Crippen molar-refractivity contribution in [3.63, 3.8) is 0 Å². The van der Waals surface area contributed by atoms with Crippen LogP contribution < -0.4 is 0 Å². The van der Waals surface area contributed by atoms with Crippen LogP contribution in [0.5, 0.6) is 0 Å². The molecule has 0 spiro atoms. The van der Waals surface area contributed by atoms with Crippen molar-refractivity contribution in [1.82, 2.24) is 8.61 Å². The molecule has 6 nitrogen and oxygen atoms in total. The van der Waals surface area contributed by atoms with Crippen molar-refractivity contribution in [2.45, 2.75) is 62.3 Å². The Kier molecular flexibility index (Phi) is 7.18. The highest BCUT2D eigenvalue weighted by Crippen LogP contribution is 2.36. The van der Waals surface area contributed by atoms with Gasteiger partial charge in [0.1, 0.15) is 0 Å². The zero-order chi connectivity index (χ0) is 26.3. The quantitative estimate of drug-likeness (QED) is 0.447. The average Bonchev–Trinajstić information content (AvgIpc) is 2.84. The van der Waals surface area contributed by atoms with Gasteiger partial charge in [-0.1, -0.05) is 80.4 Å². The second kappa shape index (κ2) is 9.74. The van der Waals surface area contributed by atoms with E-state index < -0.39 is 26.1 Å². The van der Waals surface area contributed by atoms with E-state index in [0.29, 0.717) is 6.42 Å². The van der Waals surface area contributed by atoms with Crippen molar-refractivity contribution in [3.05, 3.63) is 95.1 Å². The maximum Gasteiger partial charge on any atom is 0.244 e. The zero-order valence-electron chi connectivity index (χ0n) is 21.5. The van der Waals surface area contributed by atoms with Gasteiger partial charge in [0.15, 0.2) is 0 Å². The highest BCUT2D eigenvalue weighted by Gasteiger charge is 2.41. The molecule has 3 aromatic rings. The van der Waals surface area contributed by atoms with Crippen LogP contribution in [0, 0.1) is 13.8 Å². The van der Waals surface area contributed by atoms with E-state index in [1.807, 2.05) is 38.1 Å². The van der Waals surface area contributed by atoms with Crippen LogP contribution in [0.4, 0.5) is 0 Å². The molecule has 1 unspecified atom stereocenters. The summed E-state index contributed by atoms with van der Waals surface area (Å²) in [5.74, 6) is 0. The van der Waals surface area contributed by atoms with Gasteiger partial charge in [-0.25, -0.2) is 16.8 Å². The fourth-order valence-electron chi connectivity index (χ4n) is 4.42. The summed E-state index contributed by atoms with van der Waals surface area (Å²) in [6, 6.07) is 20.8. The first-order valence-corrected chi connectivity index (χ1v) is 14.9. The lowest BCUT2D eigenvalue weighted by Crippen LogP contribution is -2.50. The van der Waals surface area contributed by atoms with E-state index in [9.17, 15) is 16.8 Å². The van der Waals surface area contributed by atoms with Gasteiger partial charge in [-0.15, -0.1) is 0 Å². The highest BCUT2D eigenvalue weighted by atomic mass is 32.2. The Morgan fingerprint density at radius 3 is 1.64 bits per heavy atom. The number of aryl methyl sites for hydroxylation is 2. The molecule has 3 aromatic carbocycles. The number of nitrogens with zero attached hydrogens (tertiary/aromatic N) is 2. The summed E-state index contributed by atoms with van der Waals surface area (Å²) < 4.78 is 57.2. The molecule has 0 radical (unpaired) electrons. The van der Waals surface area contributed by atoms with Gasteiger partial charge in [-0.05, 0) is 61.1 Å². The molecule has 0 aromatic heterocycles. The third-order valence-electron chi connectivity index (χ3n) is 6.74. The standard InChI is InChI=1S/C28H34N2O4S2/c1-21-6-14-25(15-7-21)35(31,32)29-19-18-27(23-10-12-24(13-11-23)28(3,4)5)30(20-29)36(33,34)26-16-8-22(2)9-17-26/h6-17,27H,18-20H2,1-5H3. The first-order valence-electron chi connectivity index (χ1n) is 12.1. The van der Waals surface area contributed by atoms with E-state index in [1.54, 1.807) is 48.5 Å². The fourth-order valence-corrected chi connectivity index (χ4v) is 7.50. The maximum atomic E-state index is 13.9. The fraction of sp³-hybridized carbons (Fsp3) is 0.357. The van der Waals surface area contributed by atoms with Gasteiger partial charge in [-0.3, -0.25) is 0 Å². The molecule has 1 saturated heterocycles. The molecule has 36 heavy (non-hydrogen) atoms. The van der Waals surface area contributed by atoms with Crippen LogP contribution in [-0.2, 0) is 25.5 Å². The third-order valence-corrected chi connectivity index (χ3v) is 10.4. The lowest BCUT2D eigenvalue weighted by Gasteiger charge is -2.40. The van der Waals surface area contributed by atoms with Gasteiger partial charge < -0.3 is 0 Å². The predicted octanol–water partition coefficient (Wildman–Crippen LogP) is 5.39. The topological polar surface area (TPSA) is 74.8 Å². The number of hydrogen-bond acceptors (Lipinski definition) is 4. The van der Waals surface area contributed by atoms with Gasteiger partial charge in [-0.2, -0.15) is 8.61 Å². The van der Waals surface area contributed by atoms with Crippen molar-refractivity contribution in [1.29, 1.82) is 0 Å². The predicted molar refractivity (Wildman–Crippen MR) is 143 cm³/mol. The van der Waals surface area contributed by atoms with E-state index in [1.165, 1.54) is 8.61 Å². The number of benzene rings is 3. The molecule has 0 bridgehead atoms. The highest BCUT2D eigenvalue weighted by molar-refractivity contribution is 7.90. The summed E-state index contributed by atoms with van der Waals surface area (Å²) in [6.45, 7) is 10.1. The molecule has 8 heteroatoms. The minimum atomic E-state index is -3.97. The van der Waals surface area contributed by atoms with Crippen LogP contribution in [0.25, 0.3) is 0 Å². The monoisotopic (exact) mass is 526 g/mol. The van der Waals surface area contributed by atoms with Crippen molar-refractivity contribution in [3.8, 4) is 0 Å². The summed E-state index contributed by atoms with van der Waals surface area (Å²) in [5.41, 5.74) is 3.88. The average molecular weight is 527 g/mol. The molecule has 4 rings (SSSR count). The normalized spacial score (nSPS) is 18.3. The van der Waals surface area contributed by atoms with Crippen molar-refractivity contribution >= 4 is 20.0 Å². The lowest BCUT2D eigenvalue weighted by atomic mass is 9.86. The number of hydrogen-bond donors (Lipinski definition) is 0. The van der Waals surface area contributed by atoms with Gasteiger partial charge in [0, 0.05) is 6.54 Å². The number of sulfonamides is 2. The van der Waals surface area contributed by atoms with Crippen LogP contribution >= 0.6 is 0 Å². The van der Waals surface area contributed by atoms with Gasteiger partial charge in [0.05, 0.1) is 22.5 Å². The lowest BCUT2D eigenvalue weighted by molar-refractivity contribution is 0.170. The van der Waals surface area contributed by atoms with Gasteiger partial charge >= 0.3 is 0 Å². The molecule has 192 valence electrons. The Balaban J connectivity index is 1.74. The molecule has 1 atom stereocenters. The van der Waals surface area contributed by atoms with E-state index >= 15 is 0 Å². The van der Waals surface area contributed by atoms with Crippen molar-refractivity contribution < 1.29 is 16.8 Å². The summed E-state index contributed by atoms with van der Waals surface area (Å²) in [4.78, 5) is 0.313. The Morgan fingerprint density at radius 2 is 1.17 bits per heavy atom. The largest absolute Gasteiger partial charge is 0.244 e. The summed E-state index contributed by atoms with van der Waals surface area (Å²) in [6.07, 6.45) is 0.352. The van der Waals surface area contributed by atoms with Crippen LogP contribution in [0.3, 0.4) is 0 Å². The molecule has 1 aliphatic heterocycles. The Hall–Kier alpha value is -2.52. The Labute approximate surface area is 215 Å². The molecule has 0 saturated carbocycles. The first kappa shape index (κ1) is 26.5. The maximum absolute atomic E-state index is 13.9. The van der Waals surface area contributed by atoms with Crippen LogP contribution in [0.15, 0.2) is 82.6 Å². The SMILES string of the molecule is Cc1ccc(S(=O)(=O)N2CCC(c3ccc(C(C)(C)C)cc3)N(S(=O)(=O)c3ccc(C)cc3)C2)cc1. The zero-order valence-corrected chi connectivity index (χ0v) is 23.1. The molecular formula is C28H34N2O4S2. The molecule has 1 heterocycles. The molecule has 0 aliphatic carbocycles. The number of rotatable bonds is 5. The van der Waals surface area contributed by atoms with Gasteiger partial charge in [0.25, 0.3) is 0 Å². The molecule has 0 N–H and O–H groups in total. The summed E-state index contributed by atoms with van der Waals surface area (Å²) >= 11 is 0. The smallest absolute Gasteiger partial charge is 0.207 e. The molecule has 1 fully saturated rings. The molecule has 0 amide bonds. The molecule has 1 aliphatic rings. The van der Waals surface area contributed by atoms with Crippen molar-refractivity contribution in [2.75, 3.05) is 13.2 Å². The first-order chi connectivity index (χ1) is 16.8. The second-order valence-corrected chi connectivity index (χ2v) is 14.3. The van der Waals surface area contributed by atoms with E-state index in [-0.39, 0.29) is 28.4 Å². The van der Waals surface area contributed by atoms with Crippen LogP contribution in [0.2, 0.25) is 0 Å². The summed E-state index contributed by atoms with van der Waals surface area (Å²) in [7, 11) is -7.83. The Bertz CT molecular complexity index is 1420. The summed E-state index contributed by atoms with van der Waals surface area (Å²) in [5, 5.41) is 0. The minimum Gasteiger partial charge on any atom is -0.207 e.